The predicted molar refractivity (Wildman–Crippen MR) is 126 cm³/mol. The van der Waals surface area contributed by atoms with E-state index in [0.717, 1.165) is 41.2 Å². The molecule has 0 aliphatic carbocycles. The third kappa shape index (κ3) is 3.92. The Morgan fingerprint density at radius 3 is 2.67 bits per heavy atom. The summed E-state index contributed by atoms with van der Waals surface area (Å²) in [5.41, 5.74) is 3.28. The van der Waals surface area contributed by atoms with E-state index >= 15 is 0 Å². The second-order valence-corrected chi connectivity index (χ2v) is 11.1. The zero-order valence-corrected chi connectivity index (χ0v) is 19.3. The summed E-state index contributed by atoms with van der Waals surface area (Å²) >= 11 is 1.53. The molecule has 2 aromatic heterocycles. The van der Waals surface area contributed by atoms with E-state index in [1.54, 1.807) is 12.3 Å². The lowest BCUT2D eigenvalue weighted by atomic mass is 10.1. The quantitative estimate of drug-likeness (QED) is 0.399. The maximum Gasteiger partial charge on any atom is 0.297 e. The number of fused-ring (bicyclic) bond motifs is 2. The number of rotatable bonds is 6. The largest absolute Gasteiger partial charge is 0.451 e. The number of benzene rings is 2. The Morgan fingerprint density at radius 2 is 1.91 bits per heavy atom. The van der Waals surface area contributed by atoms with E-state index in [-0.39, 0.29) is 11.0 Å². The molecule has 2 aromatic carbocycles. The van der Waals surface area contributed by atoms with Crippen molar-refractivity contribution in [3.8, 4) is 10.9 Å². The van der Waals surface area contributed by atoms with E-state index in [4.69, 9.17) is 9.15 Å². The summed E-state index contributed by atoms with van der Waals surface area (Å²) < 4.78 is 38.9. The normalized spacial score (nSPS) is 18.6. The topological polar surface area (TPSA) is 75.9 Å². The molecule has 1 unspecified atom stereocenters. The molecule has 168 valence electrons. The van der Waals surface area contributed by atoms with Crippen LogP contribution in [0.5, 0.6) is 10.9 Å². The number of ether oxygens (including phenoxy) is 1. The Balaban J connectivity index is 1.08. The number of likely N-dealkylation sites (tertiary alicyclic amines) is 1. The van der Waals surface area contributed by atoms with Crippen molar-refractivity contribution in [2.24, 2.45) is 5.92 Å². The van der Waals surface area contributed by atoms with Crippen molar-refractivity contribution in [2.75, 3.05) is 19.6 Å². The van der Waals surface area contributed by atoms with Crippen LogP contribution in [0.25, 0.3) is 10.2 Å². The summed E-state index contributed by atoms with van der Waals surface area (Å²) in [6.07, 6.45) is 3.16. The van der Waals surface area contributed by atoms with Gasteiger partial charge in [0.15, 0.2) is 0 Å². The molecule has 0 spiro atoms. The highest BCUT2D eigenvalue weighted by molar-refractivity contribution is 7.89. The molecule has 4 heterocycles. The molecule has 0 saturated carbocycles. The number of hydrogen-bond donors (Lipinski definition) is 0. The van der Waals surface area contributed by atoms with Gasteiger partial charge in [0.25, 0.3) is 15.2 Å². The maximum absolute atomic E-state index is 12.7. The second-order valence-electron chi connectivity index (χ2n) is 8.27. The minimum absolute atomic E-state index is 0.00987. The zero-order valence-electron chi connectivity index (χ0n) is 17.6. The molecule has 7 nitrogen and oxygen atoms in total. The molecule has 1 saturated heterocycles. The van der Waals surface area contributed by atoms with Gasteiger partial charge >= 0.3 is 0 Å². The van der Waals surface area contributed by atoms with Gasteiger partial charge in [0.05, 0.1) is 16.5 Å². The van der Waals surface area contributed by atoms with E-state index in [1.807, 2.05) is 36.4 Å². The number of furan rings is 1. The fourth-order valence-electron chi connectivity index (χ4n) is 4.39. The highest BCUT2D eigenvalue weighted by Gasteiger charge is 2.38. The van der Waals surface area contributed by atoms with Crippen LogP contribution in [0.4, 0.5) is 0 Å². The molecule has 0 bridgehead atoms. The smallest absolute Gasteiger partial charge is 0.297 e. The van der Waals surface area contributed by atoms with E-state index in [0.29, 0.717) is 11.7 Å². The number of sulfonamides is 1. The summed E-state index contributed by atoms with van der Waals surface area (Å²) in [6.45, 7) is 2.86. The predicted octanol–water partition coefficient (Wildman–Crippen LogP) is 4.70. The van der Waals surface area contributed by atoms with Crippen molar-refractivity contribution < 1.29 is 17.6 Å². The first kappa shape index (κ1) is 20.5. The Bertz CT molecular complexity index is 1390. The second kappa shape index (κ2) is 8.02. The lowest BCUT2D eigenvalue weighted by Gasteiger charge is -2.20. The molecule has 2 aliphatic heterocycles. The van der Waals surface area contributed by atoms with Crippen LogP contribution in [0.3, 0.4) is 0 Å². The van der Waals surface area contributed by atoms with Crippen LogP contribution in [0, 0.1) is 5.92 Å². The molecule has 6 rings (SSSR count). The highest BCUT2D eigenvalue weighted by atomic mass is 32.2. The first-order chi connectivity index (χ1) is 16.0. The van der Waals surface area contributed by atoms with Crippen LogP contribution in [0.2, 0.25) is 0 Å². The molecule has 0 amide bonds. The van der Waals surface area contributed by atoms with Crippen molar-refractivity contribution >= 4 is 31.6 Å². The van der Waals surface area contributed by atoms with Crippen molar-refractivity contribution in [1.29, 1.82) is 0 Å². The van der Waals surface area contributed by atoms with Gasteiger partial charge in [-0.1, -0.05) is 35.6 Å². The molecular weight excluding hydrogens is 458 g/mol. The molecule has 9 heteroatoms. The Morgan fingerprint density at radius 1 is 1.06 bits per heavy atom. The number of para-hydroxylation sites is 1. The van der Waals surface area contributed by atoms with Gasteiger partial charge in [0.1, 0.15) is 5.75 Å². The fourth-order valence-corrected chi connectivity index (χ4v) is 6.53. The first-order valence-corrected chi connectivity index (χ1v) is 12.9. The average Bonchev–Trinajstić information content (AvgIpc) is 3.58. The monoisotopic (exact) mass is 479 g/mol. The molecular formula is C24H21N3O4S2. The van der Waals surface area contributed by atoms with Gasteiger partial charge in [-0.15, -0.1) is 0 Å². The Kier molecular flexibility index (Phi) is 4.97. The highest BCUT2D eigenvalue weighted by Crippen LogP contribution is 2.34. The molecule has 1 atom stereocenters. The minimum Gasteiger partial charge on any atom is -0.451 e. The summed E-state index contributed by atoms with van der Waals surface area (Å²) in [7, 11) is -3.60. The lowest BCUT2D eigenvalue weighted by Crippen LogP contribution is -2.29. The standard InChI is InChI=1S/C24H21N3O4S2/c28-33(29,23-6-3-11-30-23)27-15-18-13-26(14-19(18)16-27)12-17-7-9-20(10-8-17)31-24-25-21-4-1-2-5-22(21)32-24/h1-11,15,19H,12-14,16H2. The van der Waals surface area contributed by atoms with Gasteiger partial charge in [-0.3, -0.25) is 9.21 Å². The van der Waals surface area contributed by atoms with Gasteiger partial charge < -0.3 is 9.15 Å². The van der Waals surface area contributed by atoms with Gasteiger partial charge in [0, 0.05) is 38.3 Å². The van der Waals surface area contributed by atoms with Crippen LogP contribution in [0.15, 0.2) is 88.2 Å². The Labute approximate surface area is 195 Å². The number of nitrogens with zero attached hydrogens (tertiary/aromatic N) is 3. The number of thiazole rings is 1. The number of hydrogen-bond acceptors (Lipinski definition) is 7. The van der Waals surface area contributed by atoms with Crippen molar-refractivity contribution in [1.82, 2.24) is 14.2 Å². The van der Waals surface area contributed by atoms with E-state index < -0.39 is 10.0 Å². The average molecular weight is 480 g/mol. The fraction of sp³-hybridized carbons (Fsp3) is 0.208. The van der Waals surface area contributed by atoms with Crippen LogP contribution < -0.4 is 4.74 Å². The summed E-state index contributed by atoms with van der Waals surface area (Å²) in [5, 5.41) is 0.627. The van der Waals surface area contributed by atoms with Crippen molar-refractivity contribution in [2.45, 2.75) is 11.6 Å². The number of aromatic nitrogens is 1. The van der Waals surface area contributed by atoms with Gasteiger partial charge in [-0.05, 0) is 47.5 Å². The molecule has 2 aliphatic rings. The Hall–Kier alpha value is -3.14. The van der Waals surface area contributed by atoms with Crippen LogP contribution in [0.1, 0.15) is 5.56 Å². The molecule has 33 heavy (non-hydrogen) atoms. The molecule has 4 aromatic rings. The van der Waals surface area contributed by atoms with Gasteiger partial charge in [-0.25, -0.2) is 4.98 Å². The van der Waals surface area contributed by atoms with Crippen LogP contribution >= 0.6 is 11.3 Å². The zero-order chi connectivity index (χ0) is 22.4. The van der Waals surface area contributed by atoms with Crippen molar-refractivity contribution in [3.05, 3.63) is 84.3 Å². The molecule has 0 N–H and O–H groups in total. The van der Waals surface area contributed by atoms with Gasteiger partial charge in [0.2, 0.25) is 5.09 Å². The molecule has 1 fully saturated rings. The minimum atomic E-state index is -3.60. The summed E-state index contributed by atoms with van der Waals surface area (Å²) in [6, 6.07) is 19.1. The van der Waals surface area contributed by atoms with Gasteiger partial charge in [-0.2, -0.15) is 8.42 Å². The van der Waals surface area contributed by atoms with E-state index in [1.165, 1.54) is 33.5 Å². The van der Waals surface area contributed by atoms with E-state index in [9.17, 15) is 8.42 Å². The molecule has 0 radical (unpaired) electrons. The summed E-state index contributed by atoms with van der Waals surface area (Å²) in [5.74, 6) is 0.981. The van der Waals surface area contributed by atoms with E-state index in [2.05, 4.69) is 22.0 Å². The first-order valence-electron chi connectivity index (χ1n) is 10.7. The van der Waals surface area contributed by atoms with Crippen LogP contribution in [-0.2, 0) is 16.6 Å². The lowest BCUT2D eigenvalue weighted by molar-refractivity contribution is 0.305. The third-order valence-corrected chi connectivity index (χ3v) is 8.51. The third-order valence-electron chi connectivity index (χ3n) is 5.99. The maximum atomic E-state index is 12.7. The van der Waals surface area contributed by atoms with Crippen molar-refractivity contribution in [3.63, 3.8) is 0 Å². The SMILES string of the molecule is O=S(=O)(c1ccco1)N1C=C2CN(Cc3ccc(Oc4nc5ccccc5s4)cc3)CC2C1. The van der Waals surface area contributed by atoms with Crippen LogP contribution in [-0.4, -0.2) is 42.2 Å². The summed E-state index contributed by atoms with van der Waals surface area (Å²) in [4.78, 5) is 6.86.